The smallest absolute Gasteiger partial charge is 0.258 e. The number of rotatable bonds is 6. The van der Waals surface area contributed by atoms with Gasteiger partial charge in [0.15, 0.2) is 0 Å². The van der Waals surface area contributed by atoms with Gasteiger partial charge in [-0.25, -0.2) is 0 Å². The van der Waals surface area contributed by atoms with Gasteiger partial charge in [-0.3, -0.25) is 14.4 Å². The molecule has 2 aromatic carbocycles. The second-order valence-electron chi connectivity index (χ2n) is 8.12. The lowest BCUT2D eigenvalue weighted by molar-refractivity contribution is -0.118. The van der Waals surface area contributed by atoms with Gasteiger partial charge in [-0.2, -0.15) is 0 Å². The van der Waals surface area contributed by atoms with Crippen LogP contribution >= 0.6 is 0 Å². The molecule has 1 N–H and O–H groups in total. The number of amides is 2. The van der Waals surface area contributed by atoms with Gasteiger partial charge >= 0.3 is 0 Å². The van der Waals surface area contributed by atoms with Gasteiger partial charge in [-0.1, -0.05) is 37.5 Å². The fraction of sp³-hybridized carbons (Fsp3) is 0.400. The molecule has 158 valence electrons. The van der Waals surface area contributed by atoms with Gasteiger partial charge in [0.25, 0.3) is 11.8 Å². The van der Waals surface area contributed by atoms with Crippen molar-refractivity contribution < 1.29 is 14.4 Å². The van der Waals surface area contributed by atoms with Gasteiger partial charge in [0.2, 0.25) is 0 Å². The molecule has 0 bridgehead atoms. The Labute approximate surface area is 178 Å². The molecule has 0 aliphatic carbocycles. The molecule has 1 atom stereocenters. The number of nitrogens with zero attached hydrogens (tertiary/aromatic N) is 1. The molecule has 5 nitrogen and oxygen atoms in total. The summed E-state index contributed by atoms with van der Waals surface area (Å²) in [5.74, 6) is -0.200. The van der Waals surface area contributed by atoms with Crippen molar-refractivity contribution in [2.75, 3.05) is 11.4 Å². The fourth-order valence-electron chi connectivity index (χ4n) is 3.87. The predicted molar refractivity (Wildman–Crippen MR) is 119 cm³/mol. The normalized spacial score (nSPS) is 16.0. The molecule has 3 rings (SSSR count). The molecule has 5 heteroatoms. The van der Waals surface area contributed by atoms with Crippen molar-refractivity contribution in [3.8, 4) is 0 Å². The maximum atomic E-state index is 13.3. The van der Waals surface area contributed by atoms with Crippen molar-refractivity contribution >= 4 is 23.3 Å². The third-order valence-corrected chi connectivity index (χ3v) is 5.54. The maximum absolute atomic E-state index is 13.3. The number of nitrogens with one attached hydrogen (secondary N) is 1. The number of benzene rings is 2. The summed E-state index contributed by atoms with van der Waals surface area (Å²) in [6.07, 6.45) is 3.65. The van der Waals surface area contributed by atoms with Crippen LogP contribution in [-0.4, -0.2) is 30.2 Å². The van der Waals surface area contributed by atoms with E-state index in [0.717, 1.165) is 30.4 Å². The summed E-state index contributed by atoms with van der Waals surface area (Å²) in [6.45, 7) is 6.63. The number of carbonyl (C=O) groups excluding carboxylic acids is 3. The molecule has 0 saturated heterocycles. The number of Topliss-reactive ketones (excluding diaryl/α,β-unsaturated/α-hetero) is 1. The van der Waals surface area contributed by atoms with Crippen LogP contribution in [0.1, 0.15) is 71.4 Å². The van der Waals surface area contributed by atoms with E-state index in [1.807, 2.05) is 38.1 Å². The molecule has 1 heterocycles. The lowest BCUT2D eigenvalue weighted by Gasteiger charge is -2.29. The molecular formula is C25H30N2O3. The van der Waals surface area contributed by atoms with E-state index in [2.05, 4.69) is 12.2 Å². The van der Waals surface area contributed by atoms with E-state index in [9.17, 15) is 14.4 Å². The molecule has 0 aromatic heterocycles. The first kappa shape index (κ1) is 21.8. The van der Waals surface area contributed by atoms with E-state index in [4.69, 9.17) is 0 Å². The summed E-state index contributed by atoms with van der Waals surface area (Å²) in [6, 6.07) is 12.5. The zero-order valence-electron chi connectivity index (χ0n) is 18.0. The van der Waals surface area contributed by atoms with Crippen LogP contribution in [0.5, 0.6) is 0 Å². The van der Waals surface area contributed by atoms with Gasteiger partial charge in [0.1, 0.15) is 5.78 Å². The van der Waals surface area contributed by atoms with E-state index in [-0.39, 0.29) is 30.1 Å². The lowest BCUT2D eigenvalue weighted by Crippen LogP contribution is -2.39. The standard InChI is InChI=1S/C25H30N2O3/c1-4-5-6-13-26-24(29)20-11-12-23-21(15-20)16-22(28)14-18(3)27(23)25(30)19-9-7-17(2)8-10-19/h7-12,15,18H,4-6,13-14,16H2,1-3H3,(H,26,29). The third kappa shape index (κ3) is 4.96. The van der Waals surface area contributed by atoms with Gasteiger partial charge in [-0.15, -0.1) is 0 Å². The van der Waals surface area contributed by atoms with Gasteiger partial charge in [0, 0.05) is 42.2 Å². The minimum atomic E-state index is -0.249. The molecule has 0 fully saturated rings. The Balaban J connectivity index is 1.90. The first-order chi connectivity index (χ1) is 14.4. The average Bonchev–Trinajstić information content (AvgIpc) is 2.84. The van der Waals surface area contributed by atoms with Crippen molar-refractivity contribution in [3.05, 3.63) is 64.7 Å². The Morgan fingerprint density at radius 3 is 2.47 bits per heavy atom. The van der Waals surface area contributed by atoms with Crippen LogP contribution in [0.3, 0.4) is 0 Å². The van der Waals surface area contributed by atoms with E-state index in [0.29, 0.717) is 29.8 Å². The Bertz CT molecular complexity index is 934. The highest BCUT2D eigenvalue weighted by atomic mass is 16.2. The predicted octanol–water partition coefficient (Wildman–Crippen LogP) is 4.47. The van der Waals surface area contributed by atoms with Crippen LogP contribution in [0.15, 0.2) is 42.5 Å². The maximum Gasteiger partial charge on any atom is 0.258 e. The number of unbranched alkanes of at least 4 members (excludes halogenated alkanes) is 2. The van der Waals surface area contributed by atoms with Crippen LogP contribution in [0.25, 0.3) is 0 Å². The summed E-state index contributed by atoms with van der Waals surface area (Å²) in [5.41, 5.74) is 3.63. The highest BCUT2D eigenvalue weighted by molar-refractivity contribution is 6.08. The number of fused-ring (bicyclic) bond motifs is 1. The van der Waals surface area contributed by atoms with Crippen molar-refractivity contribution in [1.29, 1.82) is 0 Å². The van der Waals surface area contributed by atoms with E-state index in [1.54, 1.807) is 23.1 Å². The summed E-state index contributed by atoms with van der Waals surface area (Å²) in [7, 11) is 0. The zero-order chi connectivity index (χ0) is 21.7. The molecule has 0 saturated carbocycles. The molecule has 1 aliphatic rings. The quantitative estimate of drug-likeness (QED) is 0.720. The fourth-order valence-corrected chi connectivity index (χ4v) is 3.87. The van der Waals surface area contributed by atoms with Crippen LogP contribution in [0.2, 0.25) is 0 Å². The van der Waals surface area contributed by atoms with Gasteiger partial charge in [0.05, 0.1) is 0 Å². The lowest BCUT2D eigenvalue weighted by atomic mass is 10.0. The summed E-state index contributed by atoms with van der Waals surface area (Å²) >= 11 is 0. The topological polar surface area (TPSA) is 66.5 Å². The number of anilines is 1. The van der Waals surface area contributed by atoms with E-state index in [1.165, 1.54) is 0 Å². The second-order valence-corrected chi connectivity index (χ2v) is 8.12. The third-order valence-electron chi connectivity index (χ3n) is 5.54. The molecule has 2 amide bonds. The molecule has 2 aromatic rings. The van der Waals surface area contributed by atoms with Crippen molar-refractivity contribution in [3.63, 3.8) is 0 Å². The first-order valence-corrected chi connectivity index (χ1v) is 10.7. The van der Waals surface area contributed by atoms with E-state index < -0.39 is 0 Å². The first-order valence-electron chi connectivity index (χ1n) is 10.7. The summed E-state index contributed by atoms with van der Waals surface area (Å²) in [5, 5.41) is 2.94. The van der Waals surface area contributed by atoms with Gasteiger partial charge in [-0.05, 0) is 56.2 Å². The van der Waals surface area contributed by atoms with Crippen LogP contribution < -0.4 is 10.2 Å². The Morgan fingerprint density at radius 2 is 1.77 bits per heavy atom. The number of ketones is 1. The Hall–Kier alpha value is -2.95. The Morgan fingerprint density at radius 1 is 1.07 bits per heavy atom. The minimum absolute atomic E-state index is 0.0726. The Kier molecular flexibility index (Phi) is 7.03. The molecule has 1 unspecified atom stereocenters. The molecule has 1 aliphatic heterocycles. The van der Waals surface area contributed by atoms with Crippen molar-refractivity contribution in [1.82, 2.24) is 5.32 Å². The molecular weight excluding hydrogens is 376 g/mol. The molecule has 0 radical (unpaired) electrons. The largest absolute Gasteiger partial charge is 0.352 e. The van der Waals surface area contributed by atoms with Crippen LogP contribution in [0, 0.1) is 6.92 Å². The second kappa shape index (κ2) is 9.70. The molecule has 30 heavy (non-hydrogen) atoms. The number of hydrogen-bond donors (Lipinski definition) is 1. The zero-order valence-corrected chi connectivity index (χ0v) is 18.0. The monoisotopic (exact) mass is 406 g/mol. The highest BCUT2D eigenvalue weighted by Crippen LogP contribution is 2.31. The van der Waals surface area contributed by atoms with Gasteiger partial charge < -0.3 is 10.2 Å². The highest BCUT2D eigenvalue weighted by Gasteiger charge is 2.31. The summed E-state index contributed by atoms with van der Waals surface area (Å²) < 4.78 is 0. The number of carbonyl (C=O) groups is 3. The van der Waals surface area contributed by atoms with Crippen LogP contribution in [-0.2, 0) is 11.2 Å². The number of hydrogen-bond acceptors (Lipinski definition) is 3. The van der Waals surface area contributed by atoms with Crippen LogP contribution in [0.4, 0.5) is 5.69 Å². The van der Waals surface area contributed by atoms with Crippen molar-refractivity contribution in [2.45, 2.75) is 58.9 Å². The summed E-state index contributed by atoms with van der Waals surface area (Å²) in [4.78, 5) is 40.0. The minimum Gasteiger partial charge on any atom is -0.352 e. The average molecular weight is 407 g/mol. The van der Waals surface area contributed by atoms with Crippen molar-refractivity contribution in [2.24, 2.45) is 0 Å². The molecule has 0 spiro atoms. The number of aryl methyl sites for hydroxylation is 1. The van der Waals surface area contributed by atoms with E-state index >= 15 is 0 Å². The SMILES string of the molecule is CCCCCNC(=O)c1ccc2c(c1)CC(=O)CC(C)N2C(=O)c1ccc(C)cc1.